The maximum Gasteiger partial charge on any atom is 0.125 e. The first-order chi connectivity index (χ1) is 27.3. The summed E-state index contributed by atoms with van der Waals surface area (Å²) in [6.45, 7) is 7.67. The molecule has 2 heteroatoms. The lowest BCUT2D eigenvalue weighted by Gasteiger charge is -2.68. The van der Waals surface area contributed by atoms with Gasteiger partial charge in [0.05, 0.1) is 7.11 Å². The van der Waals surface area contributed by atoms with Crippen LogP contribution in [-0.2, 0) is 0 Å². The van der Waals surface area contributed by atoms with Gasteiger partial charge in [-0.25, -0.2) is 0 Å². The van der Waals surface area contributed by atoms with Crippen LogP contribution < -0.4 is 10.0 Å². The van der Waals surface area contributed by atoms with E-state index in [0.717, 1.165) is 53.3 Å². The van der Waals surface area contributed by atoms with Gasteiger partial charge in [0.25, 0.3) is 0 Å². The van der Waals surface area contributed by atoms with Crippen LogP contribution in [0.3, 0.4) is 0 Å². The Bertz CT molecular complexity index is 1640. The SMILES string of the molecule is COc1c(C)c(C)c(-c2c(C3CCCCC3)cc(C3CCCCC3)cc2C2CCCCC2)c(P(C23CC4CC(CC(C4)C2)C3)C23CC4CC(CC(C4)C2)C3)c1C. The highest BCUT2D eigenvalue weighted by Gasteiger charge is 2.64. The van der Waals surface area contributed by atoms with Crippen LogP contribution >= 0.6 is 7.92 Å². The predicted octanol–water partition coefficient (Wildman–Crippen LogP) is 15.5. The zero-order chi connectivity index (χ0) is 37.8. The van der Waals surface area contributed by atoms with Gasteiger partial charge < -0.3 is 4.74 Å². The van der Waals surface area contributed by atoms with Crippen molar-refractivity contribution in [2.45, 2.75) is 222 Å². The Balaban J connectivity index is 1.21. The molecule has 304 valence electrons. The first-order valence-corrected chi connectivity index (χ1v) is 26.3. The minimum atomic E-state index is -0.379. The van der Waals surface area contributed by atoms with Crippen LogP contribution in [0.2, 0.25) is 0 Å². The molecule has 0 saturated heterocycles. The molecule has 0 atom stereocenters. The van der Waals surface area contributed by atoms with Crippen molar-refractivity contribution in [3.8, 4) is 16.9 Å². The molecule has 0 spiro atoms. The van der Waals surface area contributed by atoms with Gasteiger partial charge in [-0.1, -0.05) is 77.8 Å². The second kappa shape index (κ2) is 14.7. The van der Waals surface area contributed by atoms with E-state index in [1.54, 1.807) is 93.7 Å². The van der Waals surface area contributed by atoms with Crippen molar-refractivity contribution >= 4 is 13.2 Å². The van der Waals surface area contributed by atoms with Crippen LogP contribution in [-0.4, -0.2) is 17.4 Å². The fourth-order valence-corrected chi connectivity index (χ4v) is 23.3. The summed E-state index contributed by atoms with van der Waals surface area (Å²) in [5.74, 6) is 9.51. The zero-order valence-electron chi connectivity index (χ0n) is 36.3. The predicted molar refractivity (Wildman–Crippen MR) is 238 cm³/mol. The molecule has 0 N–H and O–H groups in total. The first kappa shape index (κ1) is 37.7. The molecule has 1 nitrogen and oxygen atoms in total. The number of rotatable bonds is 8. The van der Waals surface area contributed by atoms with E-state index in [1.165, 1.54) is 108 Å². The molecule has 56 heavy (non-hydrogen) atoms. The van der Waals surface area contributed by atoms with Crippen LogP contribution in [0.25, 0.3) is 11.1 Å². The highest BCUT2D eigenvalue weighted by molar-refractivity contribution is 7.69. The Hall–Kier alpha value is -1.33. The average molecular weight is 773 g/mol. The molecule has 0 heterocycles. The summed E-state index contributed by atoms with van der Waals surface area (Å²) in [6.07, 6.45) is 40.1. The normalized spacial score (nSPS) is 37.7. The van der Waals surface area contributed by atoms with Gasteiger partial charge >= 0.3 is 0 Å². The number of hydrogen-bond acceptors (Lipinski definition) is 1. The summed E-state index contributed by atoms with van der Waals surface area (Å²) in [5.41, 5.74) is 13.8. The van der Waals surface area contributed by atoms with E-state index in [1.807, 2.05) is 34.7 Å². The third-order valence-corrected chi connectivity index (χ3v) is 23.2. The summed E-state index contributed by atoms with van der Waals surface area (Å²) in [5, 5.41) is 3.02. The van der Waals surface area contributed by atoms with E-state index < -0.39 is 0 Å². The molecule has 0 unspecified atom stereocenters. The quantitative estimate of drug-likeness (QED) is 0.243. The Kier molecular flexibility index (Phi) is 9.88. The van der Waals surface area contributed by atoms with Gasteiger partial charge in [0.1, 0.15) is 5.75 Å². The van der Waals surface area contributed by atoms with Gasteiger partial charge in [0.15, 0.2) is 0 Å². The van der Waals surface area contributed by atoms with Crippen molar-refractivity contribution in [3.63, 3.8) is 0 Å². The van der Waals surface area contributed by atoms with E-state index in [-0.39, 0.29) is 7.92 Å². The van der Waals surface area contributed by atoms with Gasteiger partial charge in [-0.05, 0) is 250 Å². The summed E-state index contributed by atoms with van der Waals surface area (Å²) < 4.78 is 6.68. The van der Waals surface area contributed by atoms with Gasteiger partial charge in [-0.3, -0.25) is 0 Å². The lowest BCUT2D eigenvalue weighted by atomic mass is 9.55. The lowest BCUT2D eigenvalue weighted by molar-refractivity contribution is 0.0195. The van der Waals surface area contributed by atoms with E-state index in [9.17, 15) is 0 Å². The summed E-state index contributed by atoms with van der Waals surface area (Å²) in [4.78, 5) is 0. The highest BCUT2D eigenvalue weighted by atomic mass is 31.1. The van der Waals surface area contributed by atoms with Crippen LogP contribution in [0.15, 0.2) is 12.1 Å². The second-order valence-corrected chi connectivity index (χ2v) is 25.8. The van der Waals surface area contributed by atoms with Gasteiger partial charge in [-0.2, -0.15) is 0 Å². The third-order valence-electron chi connectivity index (χ3n) is 19.2. The first-order valence-electron chi connectivity index (χ1n) is 25.0. The smallest absolute Gasteiger partial charge is 0.125 e. The highest BCUT2D eigenvalue weighted by Crippen LogP contribution is 2.79. The maximum atomic E-state index is 6.68. The van der Waals surface area contributed by atoms with Gasteiger partial charge in [0.2, 0.25) is 0 Å². The molecule has 2 aromatic rings. The molecule has 11 saturated carbocycles. The van der Waals surface area contributed by atoms with Crippen molar-refractivity contribution in [1.29, 1.82) is 0 Å². The van der Waals surface area contributed by atoms with E-state index >= 15 is 0 Å². The number of methoxy groups -OCH3 is 1. The minimum absolute atomic E-state index is 0.379. The minimum Gasteiger partial charge on any atom is -0.496 e. The molecule has 0 aliphatic heterocycles. The largest absolute Gasteiger partial charge is 0.496 e. The number of ether oxygens (including phenoxy) is 1. The molecular weight excluding hydrogens is 696 g/mol. The van der Waals surface area contributed by atoms with Crippen molar-refractivity contribution < 1.29 is 4.74 Å². The van der Waals surface area contributed by atoms with E-state index in [2.05, 4.69) is 32.9 Å². The summed E-state index contributed by atoms with van der Waals surface area (Å²) in [6, 6.07) is 5.84. The molecule has 13 rings (SSSR count). The third kappa shape index (κ3) is 6.19. The Labute approximate surface area is 343 Å². The van der Waals surface area contributed by atoms with Crippen LogP contribution in [0.1, 0.15) is 224 Å². The molecule has 0 aromatic heterocycles. The molecule has 2 aromatic carbocycles. The lowest BCUT2D eigenvalue weighted by Crippen LogP contribution is -2.58. The van der Waals surface area contributed by atoms with Crippen LogP contribution in [0.5, 0.6) is 5.75 Å². The summed E-state index contributed by atoms with van der Waals surface area (Å²) in [7, 11) is 1.64. The fourth-order valence-electron chi connectivity index (χ4n) is 17.8. The maximum absolute atomic E-state index is 6.68. The topological polar surface area (TPSA) is 9.23 Å². The molecule has 0 radical (unpaired) electrons. The standard InChI is InChI=1S/C54H77OP/c1-34-35(2)51(55-4)36(3)52(56(53-28-37-20-38(29-53)22-39(21-37)30-53)54-31-40-23-41(32-54)25-42(24-40)33-54)49(34)50-47(44-16-10-6-11-17-44)26-46(43-14-8-5-9-15-43)27-48(50)45-18-12-7-13-19-45/h26-27,37-45H,5-25,28-33H2,1-4H3. The molecule has 0 amide bonds. The Morgan fingerprint density at radius 3 is 1.21 bits per heavy atom. The van der Waals surface area contributed by atoms with E-state index in [4.69, 9.17) is 4.74 Å². The molecule has 8 bridgehead atoms. The van der Waals surface area contributed by atoms with Crippen molar-refractivity contribution in [2.75, 3.05) is 7.11 Å². The summed E-state index contributed by atoms with van der Waals surface area (Å²) >= 11 is 0. The van der Waals surface area contributed by atoms with E-state index in [0.29, 0.717) is 10.3 Å². The van der Waals surface area contributed by atoms with Crippen LogP contribution in [0, 0.1) is 56.3 Å². The number of benzene rings is 2. The van der Waals surface area contributed by atoms with Crippen molar-refractivity contribution in [3.05, 3.63) is 45.5 Å². The van der Waals surface area contributed by atoms with Crippen LogP contribution in [0.4, 0.5) is 0 Å². The van der Waals surface area contributed by atoms with Gasteiger partial charge in [0, 0.05) is 0 Å². The molecule has 11 aliphatic carbocycles. The zero-order valence-corrected chi connectivity index (χ0v) is 37.2. The Morgan fingerprint density at radius 1 is 0.464 bits per heavy atom. The average Bonchev–Trinajstić information content (AvgIpc) is 3.20. The molecule has 11 fully saturated rings. The molecule has 11 aliphatic rings. The van der Waals surface area contributed by atoms with Crippen molar-refractivity contribution in [1.82, 2.24) is 0 Å². The van der Waals surface area contributed by atoms with Gasteiger partial charge in [-0.15, -0.1) is 0 Å². The second-order valence-electron chi connectivity index (χ2n) is 22.8. The fraction of sp³-hybridized carbons (Fsp3) is 0.778. The Morgan fingerprint density at radius 2 is 0.839 bits per heavy atom. The monoisotopic (exact) mass is 773 g/mol. The molecular formula is C54H77OP. The van der Waals surface area contributed by atoms with Crippen molar-refractivity contribution in [2.24, 2.45) is 35.5 Å². The number of hydrogen-bond donors (Lipinski definition) is 0.